The van der Waals surface area contributed by atoms with Gasteiger partial charge in [0.15, 0.2) is 0 Å². The number of rotatable bonds is 5. The maximum absolute atomic E-state index is 12.9. The summed E-state index contributed by atoms with van der Waals surface area (Å²) < 4.78 is 0. The number of hydrogen-bond acceptors (Lipinski definition) is 4. The van der Waals surface area contributed by atoms with Crippen molar-refractivity contribution >= 4 is 46.4 Å². The van der Waals surface area contributed by atoms with Crippen molar-refractivity contribution in [2.75, 3.05) is 15.5 Å². The number of amides is 3. The highest BCUT2D eigenvalue weighted by atomic mass is 35.5. The van der Waals surface area contributed by atoms with E-state index in [9.17, 15) is 14.4 Å². The highest BCUT2D eigenvalue weighted by Crippen LogP contribution is 2.30. The summed E-state index contributed by atoms with van der Waals surface area (Å²) in [5.41, 5.74) is 4.18. The second-order valence-corrected chi connectivity index (χ2v) is 7.87. The van der Waals surface area contributed by atoms with Crippen LogP contribution in [-0.4, -0.2) is 17.7 Å². The number of nitrogens with one attached hydrogen (secondary N) is 2. The number of nitrogens with zero attached hydrogens (tertiary/aromatic N) is 1. The largest absolute Gasteiger partial charge is 0.350 e. The Morgan fingerprint density at radius 1 is 0.812 bits per heavy atom. The lowest BCUT2D eigenvalue weighted by atomic mass is 10.1. The van der Waals surface area contributed by atoms with E-state index >= 15 is 0 Å². The smallest absolute Gasteiger partial charge is 0.283 e. The molecule has 0 aliphatic carbocycles. The van der Waals surface area contributed by atoms with Crippen molar-refractivity contribution in [2.45, 2.75) is 13.8 Å². The molecule has 1 heterocycles. The lowest BCUT2D eigenvalue weighted by molar-refractivity contribution is -0.120. The van der Waals surface area contributed by atoms with Crippen LogP contribution >= 0.6 is 11.6 Å². The van der Waals surface area contributed by atoms with Gasteiger partial charge in [0, 0.05) is 16.9 Å². The Morgan fingerprint density at radius 3 is 2.16 bits per heavy atom. The van der Waals surface area contributed by atoms with E-state index in [1.54, 1.807) is 36.4 Å². The topological polar surface area (TPSA) is 78.5 Å². The zero-order valence-corrected chi connectivity index (χ0v) is 18.2. The fourth-order valence-electron chi connectivity index (χ4n) is 3.32. The van der Waals surface area contributed by atoms with E-state index in [0.717, 1.165) is 16.0 Å². The summed E-state index contributed by atoms with van der Waals surface area (Å²) in [6.45, 7) is 3.87. The molecule has 2 N–H and O–H groups in total. The lowest BCUT2D eigenvalue weighted by Crippen LogP contribution is -2.32. The van der Waals surface area contributed by atoms with Crippen LogP contribution in [0.5, 0.6) is 0 Å². The van der Waals surface area contributed by atoms with Gasteiger partial charge in [-0.15, -0.1) is 0 Å². The third-order valence-corrected chi connectivity index (χ3v) is 5.36. The SMILES string of the molecule is Cc1ccc(N2C(=O)C(Cl)=C(Nc3ccc(C(=O)Nc4cccc(C)c4)cc3)C2=O)cc1. The first kappa shape index (κ1) is 21.3. The monoisotopic (exact) mass is 445 g/mol. The van der Waals surface area contributed by atoms with Gasteiger partial charge in [0.25, 0.3) is 17.7 Å². The molecular weight excluding hydrogens is 426 g/mol. The highest BCUT2D eigenvalue weighted by molar-refractivity contribution is 6.53. The molecular formula is C25H20ClN3O3. The molecule has 6 nitrogen and oxygen atoms in total. The molecule has 0 bridgehead atoms. The molecule has 0 saturated carbocycles. The Bertz CT molecular complexity index is 1250. The molecule has 1 aliphatic heterocycles. The van der Waals surface area contributed by atoms with Gasteiger partial charge in [-0.25, -0.2) is 4.90 Å². The third-order valence-electron chi connectivity index (χ3n) is 5.01. The molecule has 0 radical (unpaired) electrons. The van der Waals surface area contributed by atoms with Gasteiger partial charge in [-0.2, -0.15) is 0 Å². The van der Waals surface area contributed by atoms with Crippen LogP contribution in [0.15, 0.2) is 83.5 Å². The maximum atomic E-state index is 12.9. The number of hydrogen-bond donors (Lipinski definition) is 2. The molecule has 3 aromatic carbocycles. The number of carbonyl (C=O) groups excluding carboxylic acids is 3. The fourth-order valence-corrected chi connectivity index (χ4v) is 3.53. The fraction of sp³-hybridized carbons (Fsp3) is 0.0800. The molecule has 0 spiro atoms. The van der Waals surface area contributed by atoms with E-state index in [2.05, 4.69) is 10.6 Å². The van der Waals surface area contributed by atoms with Crippen LogP contribution in [0.2, 0.25) is 0 Å². The van der Waals surface area contributed by atoms with Crippen LogP contribution in [0.3, 0.4) is 0 Å². The molecule has 1 aliphatic rings. The number of aryl methyl sites for hydroxylation is 2. The van der Waals surface area contributed by atoms with Crippen LogP contribution in [0.1, 0.15) is 21.5 Å². The zero-order chi connectivity index (χ0) is 22.8. The Labute approximate surface area is 190 Å². The number of anilines is 3. The summed E-state index contributed by atoms with van der Waals surface area (Å²) in [5.74, 6) is -1.38. The number of carbonyl (C=O) groups is 3. The van der Waals surface area contributed by atoms with Gasteiger partial charge in [0.05, 0.1) is 5.69 Å². The first-order valence-electron chi connectivity index (χ1n) is 9.94. The average molecular weight is 446 g/mol. The second-order valence-electron chi connectivity index (χ2n) is 7.50. The summed E-state index contributed by atoms with van der Waals surface area (Å²) in [4.78, 5) is 38.9. The second kappa shape index (κ2) is 8.69. The summed E-state index contributed by atoms with van der Waals surface area (Å²) in [5, 5.41) is 5.57. The average Bonchev–Trinajstić information content (AvgIpc) is 2.98. The van der Waals surface area contributed by atoms with E-state index in [-0.39, 0.29) is 16.6 Å². The van der Waals surface area contributed by atoms with Crippen LogP contribution in [0, 0.1) is 13.8 Å². The van der Waals surface area contributed by atoms with Crippen molar-refractivity contribution in [3.63, 3.8) is 0 Å². The van der Waals surface area contributed by atoms with Crippen molar-refractivity contribution in [1.29, 1.82) is 0 Å². The lowest BCUT2D eigenvalue weighted by Gasteiger charge is -2.15. The van der Waals surface area contributed by atoms with Gasteiger partial charge in [-0.3, -0.25) is 14.4 Å². The molecule has 3 amide bonds. The minimum absolute atomic E-state index is 0.00537. The van der Waals surface area contributed by atoms with Crippen LogP contribution in [-0.2, 0) is 9.59 Å². The molecule has 0 saturated heterocycles. The minimum Gasteiger partial charge on any atom is -0.350 e. The van der Waals surface area contributed by atoms with Crippen LogP contribution in [0.25, 0.3) is 0 Å². The molecule has 160 valence electrons. The zero-order valence-electron chi connectivity index (χ0n) is 17.5. The van der Waals surface area contributed by atoms with Crippen molar-refractivity contribution in [3.8, 4) is 0 Å². The first-order valence-corrected chi connectivity index (χ1v) is 10.3. The van der Waals surface area contributed by atoms with Crippen molar-refractivity contribution < 1.29 is 14.4 Å². The van der Waals surface area contributed by atoms with Gasteiger partial charge in [0.1, 0.15) is 10.7 Å². The predicted molar refractivity (Wildman–Crippen MR) is 126 cm³/mol. The third kappa shape index (κ3) is 4.26. The normalized spacial score (nSPS) is 13.5. The number of benzene rings is 3. The molecule has 0 unspecified atom stereocenters. The predicted octanol–water partition coefficient (Wildman–Crippen LogP) is 4.99. The first-order chi connectivity index (χ1) is 15.3. The van der Waals surface area contributed by atoms with E-state index in [4.69, 9.17) is 11.6 Å². The van der Waals surface area contributed by atoms with E-state index < -0.39 is 11.8 Å². The van der Waals surface area contributed by atoms with Crippen LogP contribution < -0.4 is 15.5 Å². The quantitative estimate of drug-likeness (QED) is 0.542. The molecule has 32 heavy (non-hydrogen) atoms. The summed E-state index contributed by atoms with van der Waals surface area (Å²) in [6.07, 6.45) is 0. The van der Waals surface area contributed by atoms with Gasteiger partial charge >= 0.3 is 0 Å². The molecule has 0 atom stereocenters. The molecule has 0 fully saturated rings. The van der Waals surface area contributed by atoms with Crippen molar-refractivity contribution in [3.05, 3.63) is 100 Å². The van der Waals surface area contributed by atoms with Gasteiger partial charge in [-0.1, -0.05) is 41.4 Å². The van der Waals surface area contributed by atoms with Crippen molar-refractivity contribution in [2.24, 2.45) is 0 Å². The Morgan fingerprint density at radius 2 is 1.50 bits per heavy atom. The molecule has 4 rings (SSSR count). The Hall–Kier alpha value is -3.90. The standard InChI is InChI=1S/C25H20ClN3O3/c1-15-6-12-20(13-7-15)29-24(31)21(26)22(25(29)32)27-18-10-8-17(9-11-18)23(30)28-19-5-3-4-16(2)14-19/h3-14,27H,1-2H3,(H,28,30). The molecule has 3 aromatic rings. The Kier molecular flexibility index (Phi) is 5.79. The minimum atomic E-state index is -0.586. The van der Waals surface area contributed by atoms with Gasteiger partial charge in [0.2, 0.25) is 0 Å². The Balaban J connectivity index is 1.48. The van der Waals surface area contributed by atoms with E-state index in [1.165, 1.54) is 0 Å². The van der Waals surface area contributed by atoms with Crippen molar-refractivity contribution in [1.82, 2.24) is 0 Å². The van der Waals surface area contributed by atoms with E-state index in [0.29, 0.717) is 22.6 Å². The van der Waals surface area contributed by atoms with Gasteiger partial charge < -0.3 is 10.6 Å². The number of imide groups is 1. The van der Waals surface area contributed by atoms with E-state index in [1.807, 2.05) is 50.2 Å². The number of halogens is 1. The summed E-state index contributed by atoms with van der Waals surface area (Å²) in [7, 11) is 0. The highest BCUT2D eigenvalue weighted by Gasteiger charge is 2.38. The molecule has 0 aromatic heterocycles. The molecule has 7 heteroatoms. The maximum Gasteiger partial charge on any atom is 0.283 e. The summed E-state index contributed by atoms with van der Waals surface area (Å²) in [6, 6.07) is 21.1. The van der Waals surface area contributed by atoms with Gasteiger partial charge in [-0.05, 0) is 67.9 Å². The van der Waals surface area contributed by atoms with Crippen LogP contribution in [0.4, 0.5) is 17.1 Å². The summed E-state index contributed by atoms with van der Waals surface area (Å²) >= 11 is 6.18.